The first-order valence-electron chi connectivity index (χ1n) is 6.93. The topological polar surface area (TPSA) is 74.6 Å². The molecule has 0 aliphatic rings. The third kappa shape index (κ3) is 2.35. The van der Waals surface area contributed by atoms with Crippen molar-refractivity contribution in [3.63, 3.8) is 0 Å². The van der Waals surface area contributed by atoms with E-state index < -0.39 is 9.84 Å². The van der Waals surface area contributed by atoms with Crippen molar-refractivity contribution in [3.8, 4) is 11.5 Å². The van der Waals surface area contributed by atoms with Crippen LogP contribution in [0.1, 0.15) is 27.8 Å². The lowest BCUT2D eigenvalue weighted by Crippen LogP contribution is -2.10. The van der Waals surface area contributed by atoms with Gasteiger partial charge in [0.05, 0.1) is 9.79 Å². The van der Waals surface area contributed by atoms with Crippen LogP contribution >= 0.6 is 0 Å². The zero-order valence-corrected chi connectivity index (χ0v) is 14.2. The minimum absolute atomic E-state index is 0.0142. The highest BCUT2D eigenvalue weighted by atomic mass is 32.2. The summed E-state index contributed by atoms with van der Waals surface area (Å²) >= 11 is 0. The Kier molecular flexibility index (Phi) is 3.96. The number of phenols is 2. The quantitative estimate of drug-likeness (QED) is 0.888. The molecule has 0 saturated carbocycles. The van der Waals surface area contributed by atoms with Crippen LogP contribution in [-0.2, 0) is 9.84 Å². The molecule has 0 aliphatic heterocycles. The first-order valence-corrected chi connectivity index (χ1v) is 8.41. The van der Waals surface area contributed by atoms with Crippen molar-refractivity contribution in [2.24, 2.45) is 0 Å². The maximum Gasteiger partial charge on any atom is 0.207 e. The number of hydrogen-bond donors (Lipinski definition) is 2. The summed E-state index contributed by atoms with van der Waals surface area (Å²) in [6.07, 6.45) is 0. The maximum absolute atomic E-state index is 13.1. The predicted octanol–water partition coefficient (Wildman–Crippen LogP) is 3.47. The summed E-state index contributed by atoms with van der Waals surface area (Å²) in [5.41, 5.74) is 2.43. The SMILES string of the molecule is Cc1cc(C)c(S(=O)(=O)c2c(C)ccc(O)c2C)c(C)c1O. The second-order valence-electron chi connectivity index (χ2n) is 5.67. The minimum Gasteiger partial charge on any atom is -0.508 e. The summed E-state index contributed by atoms with van der Waals surface area (Å²) < 4.78 is 26.2. The van der Waals surface area contributed by atoms with Gasteiger partial charge in [0.25, 0.3) is 0 Å². The second kappa shape index (κ2) is 5.32. The standard InChI is InChI=1S/C17H20O4S/c1-9-6-7-14(18)12(4)16(9)22(20,21)17-11(3)8-10(2)15(19)13(17)5/h6-8,18-19H,1-5H3. The van der Waals surface area contributed by atoms with Crippen molar-refractivity contribution < 1.29 is 18.6 Å². The smallest absolute Gasteiger partial charge is 0.207 e. The van der Waals surface area contributed by atoms with Gasteiger partial charge in [0.1, 0.15) is 11.5 Å². The highest BCUT2D eigenvalue weighted by Crippen LogP contribution is 2.38. The summed E-state index contributed by atoms with van der Waals surface area (Å²) in [7, 11) is -3.84. The number of hydrogen-bond acceptors (Lipinski definition) is 4. The van der Waals surface area contributed by atoms with Gasteiger partial charge in [0, 0.05) is 11.1 Å². The zero-order chi connectivity index (χ0) is 16.8. The van der Waals surface area contributed by atoms with E-state index in [1.807, 2.05) is 0 Å². The van der Waals surface area contributed by atoms with E-state index in [1.165, 1.54) is 6.07 Å². The molecule has 118 valence electrons. The first kappa shape index (κ1) is 16.4. The van der Waals surface area contributed by atoms with Crippen molar-refractivity contribution in [3.05, 3.63) is 46.0 Å². The number of rotatable bonds is 2. The van der Waals surface area contributed by atoms with E-state index in [4.69, 9.17) is 0 Å². The lowest BCUT2D eigenvalue weighted by atomic mass is 10.1. The van der Waals surface area contributed by atoms with Crippen molar-refractivity contribution in [1.29, 1.82) is 0 Å². The monoisotopic (exact) mass is 320 g/mol. The molecular weight excluding hydrogens is 300 g/mol. The van der Waals surface area contributed by atoms with E-state index in [0.717, 1.165) is 0 Å². The van der Waals surface area contributed by atoms with Crippen LogP contribution in [0.5, 0.6) is 11.5 Å². The molecule has 2 aromatic rings. The third-order valence-corrected chi connectivity index (χ3v) is 6.30. The Morgan fingerprint density at radius 1 is 0.773 bits per heavy atom. The van der Waals surface area contributed by atoms with Gasteiger partial charge in [-0.05, 0) is 57.4 Å². The van der Waals surface area contributed by atoms with Crippen molar-refractivity contribution >= 4 is 9.84 Å². The molecule has 4 nitrogen and oxygen atoms in total. The van der Waals surface area contributed by atoms with Gasteiger partial charge in [-0.2, -0.15) is 0 Å². The Morgan fingerprint density at radius 2 is 1.32 bits per heavy atom. The largest absolute Gasteiger partial charge is 0.508 e. The Bertz CT molecular complexity index is 865. The van der Waals surface area contributed by atoms with Gasteiger partial charge in [-0.25, -0.2) is 8.42 Å². The minimum atomic E-state index is -3.84. The predicted molar refractivity (Wildman–Crippen MR) is 85.4 cm³/mol. The van der Waals surface area contributed by atoms with Crippen molar-refractivity contribution in [1.82, 2.24) is 0 Å². The van der Waals surface area contributed by atoms with Gasteiger partial charge in [0.15, 0.2) is 0 Å². The van der Waals surface area contributed by atoms with Crippen LogP contribution in [0.15, 0.2) is 28.0 Å². The number of aryl methyl sites for hydroxylation is 3. The van der Waals surface area contributed by atoms with Gasteiger partial charge in [-0.3, -0.25) is 0 Å². The zero-order valence-electron chi connectivity index (χ0n) is 13.4. The molecule has 2 N–H and O–H groups in total. The van der Waals surface area contributed by atoms with Crippen LogP contribution < -0.4 is 0 Å². The molecular formula is C17H20O4S. The number of benzene rings is 2. The average molecular weight is 320 g/mol. The normalized spacial score (nSPS) is 11.7. The Balaban J connectivity index is 2.90. The molecule has 0 atom stereocenters. The summed E-state index contributed by atoms with van der Waals surface area (Å²) in [5, 5.41) is 20.0. The first-order chi connectivity index (χ1) is 10.1. The maximum atomic E-state index is 13.1. The van der Waals surface area contributed by atoms with Crippen LogP contribution in [0.3, 0.4) is 0 Å². The molecule has 0 radical (unpaired) electrons. The Labute approximate surface area is 131 Å². The lowest BCUT2D eigenvalue weighted by molar-refractivity contribution is 0.463. The van der Waals surface area contributed by atoms with E-state index in [9.17, 15) is 18.6 Å². The second-order valence-corrected chi connectivity index (χ2v) is 7.50. The average Bonchev–Trinajstić information content (AvgIpc) is 2.40. The van der Waals surface area contributed by atoms with Crippen LogP contribution in [0.2, 0.25) is 0 Å². The molecule has 0 aliphatic carbocycles. The highest BCUT2D eigenvalue weighted by molar-refractivity contribution is 7.91. The van der Waals surface area contributed by atoms with E-state index in [1.54, 1.807) is 46.8 Å². The van der Waals surface area contributed by atoms with E-state index in [0.29, 0.717) is 27.8 Å². The molecule has 0 fully saturated rings. The summed E-state index contributed by atoms with van der Waals surface area (Å²) in [4.78, 5) is 0.203. The van der Waals surface area contributed by atoms with E-state index in [2.05, 4.69) is 0 Å². The molecule has 0 heterocycles. The Hall–Kier alpha value is -2.01. The molecule has 22 heavy (non-hydrogen) atoms. The fourth-order valence-electron chi connectivity index (χ4n) is 2.90. The lowest BCUT2D eigenvalue weighted by Gasteiger charge is -2.17. The fourth-order valence-corrected chi connectivity index (χ4v) is 5.09. The van der Waals surface area contributed by atoms with Gasteiger partial charge in [-0.15, -0.1) is 0 Å². The molecule has 2 rings (SSSR count). The molecule has 0 saturated heterocycles. The van der Waals surface area contributed by atoms with Gasteiger partial charge in [0.2, 0.25) is 9.84 Å². The van der Waals surface area contributed by atoms with Crippen LogP contribution in [0, 0.1) is 34.6 Å². The van der Waals surface area contributed by atoms with E-state index >= 15 is 0 Å². The van der Waals surface area contributed by atoms with Gasteiger partial charge < -0.3 is 10.2 Å². The molecule has 5 heteroatoms. The number of phenolic OH excluding ortho intramolecular Hbond substituents is 2. The van der Waals surface area contributed by atoms with E-state index in [-0.39, 0.29) is 21.3 Å². The molecule has 0 spiro atoms. The number of sulfone groups is 1. The van der Waals surface area contributed by atoms with Crippen molar-refractivity contribution in [2.45, 2.75) is 44.4 Å². The summed E-state index contributed by atoms with van der Waals surface area (Å²) in [5.74, 6) is -0.0737. The molecule has 0 amide bonds. The molecule has 0 bridgehead atoms. The van der Waals surface area contributed by atoms with Crippen molar-refractivity contribution in [2.75, 3.05) is 0 Å². The summed E-state index contributed by atoms with van der Waals surface area (Å²) in [6.45, 7) is 8.30. The van der Waals surface area contributed by atoms with Gasteiger partial charge in [-0.1, -0.05) is 12.1 Å². The van der Waals surface area contributed by atoms with Gasteiger partial charge >= 0.3 is 0 Å². The highest BCUT2D eigenvalue weighted by Gasteiger charge is 2.28. The van der Waals surface area contributed by atoms with Crippen LogP contribution in [-0.4, -0.2) is 18.6 Å². The third-order valence-electron chi connectivity index (χ3n) is 3.97. The van der Waals surface area contributed by atoms with Crippen LogP contribution in [0.4, 0.5) is 0 Å². The van der Waals surface area contributed by atoms with Crippen LogP contribution in [0.25, 0.3) is 0 Å². The number of aromatic hydroxyl groups is 2. The molecule has 2 aromatic carbocycles. The Morgan fingerprint density at radius 3 is 1.91 bits per heavy atom. The molecule has 0 unspecified atom stereocenters. The summed E-state index contributed by atoms with van der Waals surface area (Å²) in [6, 6.07) is 4.71. The molecule has 0 aromatic heterocycles. The fraction of sp³-hybridized carbons (Fsp3) is 0.294.